The Hall–Kier alpha value is -1.29. The fourth-order valence-electron chi connectivity index (χ4n) is 2.35. The highest BCUT2D eigenvalue weighted by Crippen LogP contribution is 2.23. The molecule has 0 spiro atoms. The molecule has 1 amide bonds. The van der Waals surface area contributed by atoms with Gasteiger partial charge < -0.3 is 15.0 Å². The van der Waals surface area contributed by atoms with Crippen LogP contribution in [0, 0.1) is 0 Å². The molecule has 0 saturated carbocycles. The van der Waals surface area contributed by atoms with Crippen molar-refractivity contribution in [1.29, 1.82) is 0 Å². The molecule has 1 atom stereocenters. The lowest BCUT2D eigenvalue weighted by atomic mass is 10.1. The van der Waals surface area contributed by atoms with E-state index in [1.54, 1.807) is 12.4 Å². The second kappa shape index (κ2) is 5.16. The molecule has 0 aliphatic carbocycles. The third kappa shape index (κ3) is 2.27. The van der Waals surface area contributed by atoms with E-state index >= 15 is 0 Å². The summed E-state index contributed by atoms with van der Waals surface area (Å²) >= 11 is 0. The summed E-state index contributed by atoms with van der Waals surface area (Å²) in [6, 6.07) is 2.12. The van der Waals surface area contributed by atoms with Crippen LogP contribution in [0.2, 0.25) is 0 Å². The highest BCUT2D eigenvalue weighted by Gasteiger charge is 2.28. The Labute approximate surface area is 95.3 Å². The minimum Gasteiger partial charge on any atom is -0.396 e. The second-order valence-corrected chi connectivity index (χ2v) is 4.26. The van der Waals surface area contributed by atoms with Crippen LogP contribution in [0.5, 0.6) is 0 Å². The molecule has 88 valence electrons. The number of amides is 1. The lowest BCUT2D eigenvalue weighted by molar-refractivity contribution is 0.0724. The summed E-state index contributed by atoms with van der Waals surface area (Å²) in [5.41, 5.74) is 0.732. The summed E-state index contributed by atoms with van der Waals surface area (Å²) in [4.78, 5) is 17.0. The summed E-state index contributed by atoms with van der Waals surface area (Å²) < 4.78 is 0. The number of nitrogens with zero attached hydrogens (tertiary/aromatic N) is 1. The molecule has 4 heteroatoms. The van der Waals surface area contributed by atoms with Crippen molar-refractivity contribution in [2.45, 2.75) is 31.7 Å². The zero-order chi connectivity index (χ0) is 11.4. The van der Waals surface area contributed by atoms with Gasteiger partial charge in [0.15, 0.2) is 0 Å². The summed E-state index contributed by atoms with van der Waals surface area (Å²) in [5.74, 6) is 0.113. The smallest absolute Gasteiger partial charge is 0.255 e. The maximum atomic E-state index is 12.1. The van der Waals surface area contributed by atoms with Gasteiger partial charge in [0.25, 0.3) is 5.91 Å². The molecule has 1 unspecified atom stereocenters. The van der Waals surface area contributed by atoms with Crippen LogP contribution >= 0.6 is 0 Å². The van der Waals surface area contributed by atoms with Gasteiger partial charge in [-0.05, 0) is 31.7 Å². The standard InChI is InChI=1S/C12H18N2O2/c15-8-2-4-11-3-1-7-14(11)12(16)10-5-6-13-9-10/h5-6,9,11,13,15H,1-4,7-8H2. The Morgan fingerprint density at radius 2 is 2.50 bits per heavy atom. The van der Waals surface area contributed by atoms with Gasteiger partial charge in [-0.25, -0.2) is 0 Å². The van der Waals surface area contributed by atoms with Gasteiger partial charge in [-0.3, -0.25) is 4.79 Å². The van der Waals surface area contributed by atoms with Gasteiger partial charge in [0.1, 0.15) is 0 Å². The number of hydrogen-bond acceptors (Lipinski definition) is 2. The molecule has 2 rings (SSSR count). The van der Waals surface area contributed by atoms with Gasteiger partial charge >= 0.3 is 0 Å². The highest BCUT2D eigenvalue weighted by molar-refractivity contribution is 5.94. The van der Waals surface area contributed by atoms with Crippen LogP contribution < -0.4 is 0 Å². The Morgan fingerprint density at radius 3 is 3.19 bits per heavy atom. The van der Waals surface area contributed by atoms with Gasteiger partial charge in [-0.15, -0.1) is 0 Å². The number of aliphatic hydroxyl groups excluding tert-OH is 1. The van der Waals surface area contributed by atoms with Crippen molar-refractivity contribution in [3.63, 3.8) is 0 Å². The van der Waals surface area contributed by atoms with Crippen LogP contribution in [-0.4, -0.2) is 40.1 Å². The lowest BCUT2D eigenvalue weighted by Crippen LogP contribution is -2.35. The average Bonchev–Trinajstić information content (AvgIpc) is 2.96. The number of likely N-dealkylation sites (tertiary alicyclic amines) is 1. The summed E-state index contributed by atoms with van der Waals surface area (Å²) in [7, 11) is 0. The zero-order valence-corrected chi connectivity index (χ0v) is 9.35. The van der Waals surface area contributed by atoms with Gasteiger partial charge in [0, 0.05) is 31.6 Å². The van der Waals surface area contributed by atoms with E-state index in [0.717, 1.165) is 37.8 Å². The predicted molar refractivity (Wildman–Crippen MR) is 61.2 cm³/mol. The largest absolute Gasteiger partial charge is 0.396 e. The molecule has 1 aromatic rings. The number of aromatic amines is 1. The van der Waals surface area contributed by atoms with E-state index in [9.17, 15) is 4.79 Å². The number of carbonyl (C=O) groups excluding carboxylic acids is 1. The first-order valence-corrected chi connectivity index (χ1v) is 5.87. The normalized spacial score (nSPS) is 20.3. The van der Waals surface area contributed by atoms with Gasteiger partial charge in [0.2, 0.25) is 0 Å². The Kier molecular flexibility index (Phi) is 3.62. The van der Waals surface area contributed by atoms with Crippen LogP contribution in [0.3, 0.4) is 0 Å². The van der Waals surface area contributed by atoms with Crippen LogP contribution in [0.15, 0.2) is 18.5 Å². The number of aliphatic hydroxyl groups is 1. The fraction of sp³-hybridized carbons (Fsp3) is 0.583. The summed E-state index contributed by atoms with van der Waals surface area (Å²) in [6.45, 7) is 1.06. The maximum absolute atomic E-state index is 12.1. The van der Waals surface area contributed by atoms with Gasteiger partial charge in [-0.2, -0.15) is 0 Å². The van der Waals surface area contributed by atoms with Crippen LogP contribution in [0.1, 0.15) is 36.0 Å². The molecule has 16 heavy (non-hydrogen) atoms. The van der Waals surface area contributed by atoms with Crippen molar-refractivity contribution in [2.24, 2.45) is 0 Å². The van der Waals surface area contributed by atoms with E-state index < -0.39 is 0 Å². The molecule has 4 nitrogen and oxygen atoms in total. The Balaban J connectivity index is 1.99. The van der Waals surface area contributed by atoms with Crippen molar-refractivity contribution in [2.75, 3.05) is 13.2 Å². The number of H-pyrrole nitrogens is 1. The molecule has 2 N–H and O–H groups in total. The first kappa shape index (κ1) is 11.2. The Morgan fingerprint density at radius 1 is 1.62 bits per heavy atom. The minimum atomic E-state index is 0.113. The molecule has 0 aromatic carbocycles. The third-order valence-electron chi connectivity index (χ3n) is 3.18. The maximum Gasteiger partial charge on any atom is 0.255 e. The molecule has 0 radical (unpaired) electrons. The van der Waals surface area contributed by atoms with Gasteiger partial charge in [-0.1, -0.05) is 0 Å². The molecule has 1 fully saturated rings. The first-order chi connectivity index (χ1) is 7.83. The monoisotopic (exact) mass is 222 g/mol. The third-order valence-corrected chi connectivity index (χ3v) is 3.18. The van der Waals surface area contributed by atoms with E-state index in [2.05, 4.69) is 4.98 Å². The minimum absolute atomic E-state index is 0.113. The van der Waals surface area contributed by atoms with Crippen molar-refractivity contribution < 1.29 is 9.90 Å². The number of rotatable bonds is 4. The number of carbonyl (C=O) groups is 1. The number of hydrogen-bond donors (Lipinski definition) is 2. The van der Waals surface area contributed by atoms with Gasteiger partial charge in [0.05, 0.1) is 5.56 Å². The molecule has 0 bridgehead atoms. The second-order valence-electron chi connectivity index (χ2n) is 4.26. The van der Waals surface area contributed by atoms with E-state index in [0.29, 0.717) is 6.04 Å². The van der Waals surface area contributed by atoms with Crippen LogP contribution in [-0.2, 0) is 0 Å². The number of aromatic nitrogens is 1. The van der Waals surface area contributed by atoms with E-state index in [1.165, 1.54) is 0 Å². The molecule has 2 heterocycles. The first-order valence-electron chi connectivity index (χ1n) is 5.87. The Bertz CT molecular complexity index is 335. The molecule has 1 saturated heterocycles. The van der Waals surface area contributed by atoms with E-state index in [1.807, 2.05) is 11.0 Å². The van der Waals surface area contributed by atoms with E-state index in [4.69, 9.17) is 5.11 Å². The summed E-state index contributed by atoms with van der Waals surface area (Å²) in [6.07, 6.45) is 7.34. The molecule has 1 aliphatic heterocycles. The molecule has 1 aliphatic rings. The SMILES string of the molecule is O=C(c1cc[nH]c1)N1CCCC1CCCO. The topological polar surface area (TPSA) is 56.3 Å². The predicted octanol–water partition coefficient (Wildman–Crippen LogP) is 1.39. The van der Waals surface area contributed by atoms with Crippen LogP contribution in [0.25, 0.3) is 0 Å². The fourth-order valence-corrected chi connectivity index (χ4v) is 2.35. The molecular weight excluding hydrogens is 204 g/mol. The average molecular weight is 222 g/mol. The van der Waals surface area contributed by atoms with Crippen molar-refractivity contribution in [1.82, 2.24) is 9.88 Å². The van der Waals surface area contributed by atoms with Crippen molar-refractivity contribution in [3.05, 3.63) is 24.0 Å². The molecule has 1 aromatic heterocycles. The zero-order valence-electron chi connectivity index (χ0n) is 9.35. The quantitative estimate of drug-likeness (QED) is 0.809. The number of nitrogens with one attached hydrogen (secondary N) is 1. The molecular formula is C12H18N2O2. The van der Waals surface area contributed by atoms with Crippen LogP contribution in [0.4, 0.5) is 0 Å². The van der Waals surface area contributed by atoms with Crippen molar-refractivity contribution >= 4 is 5.91 Å². The highest BCUT2D eigenvalue weighted by atomic mass is 16.3. The van der Waals surface area contributed by atoms with E-state index in [-0.39, 0.29) is 12.5 Å². The summed E-state index contributed by atoms with van der Waals surface area (Å²) in [5, 5.41) is 8.83. The lowest BCUT2D eigenvalue weighted by Gasteiger charge is -2.24. The van der Waals surface area contributed by atoms with Crippen molar-refractivity contribution in [3.8, 4) is 0 Å².